The Labute approximate surface area is 109 Å². The molecular formula is C12H25N3O3. The van der Waals surface area contributed by atoms with E-state index in [0.717, 1.165) is 12.8 Å². The highest BCUT2D eigenvalue weighted by Gasteiger charge is 2.19. The van der Waals surface area contributed by atoms with Crippen LogP contribution >= 0.6 is 0 Å². The first-order chi connectivity index (χ1) is 8.38. The van der Waals surface area contributed by atoms with E-state index in [1.165, 1.54) is 0 Å². The molecule has 0 aromatic carbocycles. The van der Waals surface area contributed by atoms with E-state index in [1.54, 1.807) is 0 Å². The first kappa shape index (κ1) is 16.7. The number of urea groups is 1. The molecule has 0 spiro atoms. The normalized spacial score (nSPS) is 14.1. The van der Waals surface area contributed by atoms with Crippen molar-refractivity contribution in [3.05, 3.63) is 0 Å². The predicted octanol–water partition coefficient (Wildman–Crippen LogP) is 0.879. The highest BCUT2D eigenvalue weighted by Crippen LogP contribution is 2.00. The molecule has 6 nitrogen and oxygen atoms in total. The molecule has 3 N–H and O–H groups in total. The molecule has 0 saturated carbocycles. The van der Waals surface area contributed by atoms with Crippen LogP contribution in [0.4, 0.5) is 4.79 Å². The summed E-state index contributed by atoms with van der Waals surface area (Å²) in [5.41, 5.74) is 0. The molecule has 0 aromatic heterocycles. The van der Waals surface area contributed by atoms with Gasteiger partial charge in [-0.2, -0.15) is 0 Å². The number of nitrogens with one attached hydrogen (secondary N) is 2. The minimum Gasteiger partial charge on any atom is -0.480 e. The summed E-state index contributed by atoms with van der Waals surface area (Å²) in [4.78, 5) is 24.5. The maximum Gasteiger partial charge on any atom is 0.326 e. The predicted molar refractivity (Wildman–Crippen MR) is 70.6 cm³/mol. The molecule has 106 valence electrons. The van der Waals surface area contributed by atoms with Crippen LogP contribution in [0.5, 0.6) is 0 Å². The van der Waals surface area contributed by atoms with E-state index in [1.807, 2.05) is 32.8 Å². The summed E-state index contributed by atoms with van der Waals surface area (Å²) in [5, 5.41) is 14.1. The molecule has 0 aliphatic heterocycles. The number of carbonyl (C=O) groups excluding carboxylic acids is 1. The van der Waals surface area contributed by atoms with Crippen molar-refractivity contribution in [2.24, 2.45) is 0 Å². The summed E-state index contributed by atoms with van der Waals surface area (Å²) < 4.78 is 0. The number of aliphatic carboxylic acids is 1. The zero-order valence-electron chi connectivity index (χ0n) is 11.7. The Morgan fingerprint density at radius 3 is 2.39 bits per heavy atom. The van der Waals surface area contributed by atoms with E-state index in [-0.39, 0.29) is 6.04 Å². The van der Waals surface area contributed by atoms with E-state index in [0.29, 0.717) is 13.0 Å². The van der Waals surface area contributed by atoms with E-state index in [9.17, 15) is 9.59 Å². The molecule has 2 unspecified atom stereocenters. The van der Waals surface area contributed by atoms with Crippen LogP contribution < -0.4 is 10.6 Å². The summed E-state index contributed by atoms with van der Waals surface area (Å²) in [7, 11) is 3.84. The third-order valence-corrected chi connectivity index (χ3v) is 2.89. The van der Waals surface area contributed by atoms with E-state index < -0.39 is 18.0 Å². The van der Waals surface area contributed by atoms with Gasteiger partial charge in [0.05, 0.1) is 0 Å². The van der Waals surface area contributed by atoms with Crippen molar-refractivity contribution in [3.8, 4) is 0 Å². The third kappa shape index (κ3) is 7.11. The van der Waals surface area contributed by atoms with Crippen LogP contribution in [-0.4, -0.2) is 54.7 Å². The Bertz CT molecular complexity index is 269. The first-order valence-corrected chi connectivity index (χ1v) is 6.32. The maximum atomic E-state index is 11.5. The molecule has 0 radical (unpaired) electrons. The first-order valence-electron chi connectivity index (χ1n) is 6.32. The molecular weight excluding hydrogens is 234 g/mol. The van der Waals surface area contributed by atoms with Gasteiger partial charge in [0.2, 0.25) is 0 Å². The van der Waals surface area contributed by atoms with Crippen molar-refractivity contribution in [1.82, 2.24) is 15.5 Å². The second-order valence-corrected chi connectivity index (χ2v) is 4.70. The van der Waals surface area contributed by atoms with Crippen LogP contribution in [-0.2, 0) is 4.79 Å². The van der Waals surface area contributed by atoms with Crippen LogP contribution in [0.15, 0.2) is 0 Å². The van der Waals surface area contributed by atoms with Gasteiger partial charge in [-0.25, -0.2) is 9.59 Å². The summed E-state index contributed by atoms with van der Waals surface area (Å²) >= 11 is 0. The fraction of sp³-hybridized carbons (Fsp3) is 0.833. The number of unbranched alkanes of at least 4 members (excludes halogenated alkanes) is 1. The van der Waals surface area contributed by atoms with E-state index in [2.05, 4.69) is 10.6 Å². The van der Waals surface area contributed by atoms with Gasteiger partial charge in [-0.05, 0) is 27.4 Å². The lowest BCUT2D eigenvalue weighted by molar-refractivity contribution is -0.139. The molecule has 0 saturated heterocycles. The summed E-state index contributed by atoms with van der Waals surface area (Å²) in [6, 6.07) is -1.03. The van der Waals surface area contributed by atoms with E-state index in [4.69, 9.17) is 5.11 Å². The van der Waals surface area contributed by atoms with Crippen molar-refractivity contribution < 1.29 is 14.7 Å². The maximum absolute atomic E-state index is 11.5. The monoisotopic (exact) mass is 259 g/mol. The molecule has 0 bridgehead atoms. The van der Waals surface area contributed by atoms with Gasteiger partial charge < -0.3 is 20.6 Å². The smallest absolute Gasteiger partial charge is 0.326 e. The van der Waals surface area contributed by atoms with Gasteiger partial charge in [0, 0.05) is 12.6 Å². The average molecular weight is 259 g/mol. The zero-order valence-corrected chi connectivity index (χ0v) is 11.7. The van der Waals surface area contributed by atoms with Gasteiger partial charge in [-0.3, -0.25) is 0 Å². The number of amides is 2. The van der Waals surface area contributed by atoms with Crippen molar-refractivity contribution in [3.63, 3.8) is 0 Å². The lowest BCUT2D eigenvalue weighted by Crippen LogP contribution is -2.48. The minimum absolute atomic E-state index is 0.203. The van der Waals surface area contributed by atoms with Gasteiger partial charge in [-0.15, -0.1) is 0 Å². The number of carboxylic acid groups (broad SMARTS) is 1. The number of likely N-dealkylation sites (N-methyl/N-ethyl adjacent to an activating group) is 1. The van der Waals surface area contributed by atoms with Crippen LogP contribution in [0.25, 0.3) is 0 Å². The Kier molecular flexibility index (Phi) is 8.11. The molecule has 2 atom stereocenters. The molecule has 2 amide bonds. The highest BCUT2D eigenvalue weighted by atomic mass is 16.4. The van der Waals surface area contributed by atoms with Gasteiger partial charge in [-0.1, -0.05) is 19.8 Å². The topological polar surface area (TPSA) is 81.7 Å². The van der Waals surface area contributed by atoms with Crippen molar-refractivity contribution >= 4 is 12.0 Å². The van der Waals surface area contributed by atoms with E-state index >= 15 is 0 Å². The SMILES string of the molecule is CCCCC(NC(=O)NCC(C)N(C)C)C(=O)O. The number of nitrogens with zero attached hydrogens (tertiary/aromatic N) is 1. The molecule has 0 aromatic rings. The minimum atomic E-state index is -0.987. The molecule has 0 aliphatic carbocycles. The standard InChI is InChI=1S/C12H25N3O3/c1-5-6-7-10(11(16)17)14-12(18)13-8-9(2)15(3)4/h9-10H,5-8H2,1-4H3,(H,16,17)(H2,13,14,18). The quantitative estimate of drug-likeness (QED) is 0.604. The Hall–Kier alpha value is -1.30. The molecule has 6 heteroatoms. The van der Waals surface area contributed by atoms with Gasteiger partial charge in [0.25, 0.3) is 0 Å². The fourth-order valence-corrected chi connectivity index (χ4v) is 1.30. The molecule has 0 fully saturated rings. The van der Waals surface area contributed by atoms with Crippen LogP contribution in [0.2, 0.25) is 0 Å². The average Bonchev–Trinajstić information content (AvgIpc) is 2.30. The number of hydrogen-bond acceptors (Lipinski definition) is 3. The van der Waals surface area contributed by atoms with Gasteiger partial charge in [0.1, 0.15) is 6.04 Å². The van der Waals surface area contributed by atoms with Crippen molar-refractivity contribution in [2.45, 2.75) is 45.2 Å². The Morgan fingerprint density at radius 1 is 1.33 bits per heavy atom. The Morgan fingerprint density at radius 2 is 1.94 bits per heavy atom. The Balaban J connectivity index is 4.06. The number of hydrogen-bond donors (Lipinski definition) is 3. The molecule has 0 aliphatic rings. The van der Waals surface area contributed by atoms with Crippen LogP contribution in [0, 0.1) is 0 Å². The van der Waals surface area contributed by atoms with Crippen LogP contribution in [0.1, 0.15) is 33.1 Å². The highest BCUT2D eigenvalue weighted by molar-refractivity contribution is 5.82. The largest absolute Gasteiger partial charge is 0.480 e. The van der Waals surface area contributed by atoms with Crippen LogP contribution in [0.3, 0.4) is 0 Å². The van der Waals surface area contributed by atoms with Gasteiger partial charge >= 0.3 is 12.0 Å². The van der Waals surface area contributed by atoms with Crippen molar-refractivity contribution in [2.75, 3.05) is 20.6 Å². The summed E-state index contributed by atoms with van der Waals surface area (Å²) in [5.74, 6) is -0.987. The zero-order chi connectivity index (χ0) is 14.1. The number of carboxylic acids is 1. The molecule has 0 rings (SSSR count). The molecule has 18 heavy (non-hydrogen) atoms. The molecule has 0 heterocycles. The summed E-state index contributed by atoms with van der Waals surface area (Å²) in [6.45, 7) is 4.45. The summed E-state index contributed by atoms with van der Waals surface area (Å²) in [6.07, 6.45) is 2.15. The lowest BCUT2D eigenvalue weighted by atomic mass is 10.1. The third-order valence-electron chi connectivity index (χ3n) is 2.89. The number of rotatable bonds is 8. The van der Waals surface area contributed by atoms with Gasteiger partial charge in [0.15, 0.2) is 0 Å². The number of carbonyl (C=O) groups is 2. The second kappa shape index (κ2) is 8.74. The lowest BCUT2D eigenvalue weighted by Gasteiger charge is -2.21. The second-order valence-electron chi connectivity index (χ2n) is 4.70. The fourth-order valence-electron chi connectivity index (χ4n) is 1.30. The van der Waals surface area contributed by atoms with Crippen molar-refractivity contribution in [1.29, 1.82) is 0 Å².